The van der Waals surface area contributed by atoms with Gasteiger partial charge in [0.2, 0.25) is 0 Å². The highest BCUT2D eigenvalue weighted by atomic mass is 32.1. The topological polar surface area (TPSA) is 92.5 Å². The molecule has 2 rings (SSSR count). The van der Waals surface area contributed by atoms with Crippen molar-refractivity contribution >= 4 is 28.7 Å². The van der Waals surface area contributed by atoms with E-state index >= 15 is 0 Å². The minimum absolute atomic E-state index is 0.0481. The Morgan fingerprint density at radius 2 is 2.19 bits per heavy atom. The van der Waals surface area contributed by atoms with Gasteiger partial charge in [0.05, 0.1) is 4.92 Å². The third-order valence-electron chi connectivity index (χ3n) is 2.94. The van der Waals surface area contributed by atoms with Crippen LogP contribution in [-0.2, 0) is 6.54 Å². The molecule has 21 heavy (non-hydrogen) atoms. The Morgan fingerprint density at radius 3 is 2.71 bits per heavy atom. The summed E-state index contributed by atoms with van der Waals surface area (Å²) in [7, 11) is 0. The summed E-state index contributed by atoms with van der Waals surface area (Å²) in [6.45, 7) is 2.19. The molecule has 0 aliphatic carbocycles. The zero-order valence-corrected chi connectivity index (χ0v) is 11.7. The molecule has 1 aromatic heterocycles. The lowest BCUT2D eigenvalue weighted by Crippen LogP contribution is -2.07. The summed E-state index contributed by atoms with van der Waals surface area (Å²) in [6, 6.07) is 1.56. The summed E-state index contributed by atoms with van der Waals surface area (Å²) in [5.74, 6) is -2.56. The first-order valence-electron chi connectivity index (χ1n) is 5.87. The molecule has 0 aliphatic rings. The van der Waals surface area contributed by atoms with E-state index in [0.29, 0.717) is 6.54 Å². The van der Waals surface area contributed by atoms with Gasteiger partial charge in [0.1, 0.15) is 17.1 Å². The summed E-state index contributed by atoms with van der Waals surface area (Å²) in [6.07, 6.45) is 0. The van der Waals surface area contributed by atoms with Gasteiger partial charge >= 0.3 is 5.97 Å². The third-order valence-corrected chi connectivity index (χ3v) is 3.85. The van der Waals surface area contributed by atoms with Crippen LogP contribution in [0.5, 0.6) is 0 Å². The minimum atomic E-state index is -1.55. The Morgan fingerprint density at radius 1 is 1.48 bits per heavy atom. The maximum Gasteiger partial charge on any atom is 0.338 e. The van der Waals surface area contributed by atoms with E-state index in [-0.39, 0.29) is 5.69 Å². The number of aromatic carboxylic acids is 1. The van der Waals surface area contributed by atoms with Crippen molar-refractivity contribution in [3.63, 3.8) is 0 Å². The van der Waals surface area contributed by atoms with Gasteiger partial charge in [-0.3, -0.25) is 10.1 Å². The molecule has 0 saturated heterocycles. The van der Waals surface area contributed by atoms with Gasteiger partial charge in [-0.1, -0.05) is 0 Å². The number of aryl methyl sites for hydroxylation is 1. The second kappa shape index (κ2) is 5.88. The zero-order valence-electron chi connectivity index (χ0n) is 10.9. The smallest absolute Gasteiger partial charge is 0.338 e. The standard InChI is InChI=1S/C13H11FN2O4S/c1-7-5-21-6-8(7)4-15-11-3-10(14)9(13(17)18)2-12(11)16(19)20/h2-3,5-6,15H,4H2,1H3,(H,17,18). The van der Waals surface area contributed by atoms with E-state index in [1.54, 1.807) is 0 Å². The fraction of sp³-hybridized carbons (Fsp3) is 0.154. The molecule has 0 amide bonds. The fourth-order valence-electron chi connectivity index (χ4n) is 1.78. The number of carboxylic acid groups (broad SMARTS) is 1. The molecule has 0 unspecified atom stereocenters. The molecule has 2 aromatic rings. The van der Waals surface area contributed by atoms with Crippen molar-refractivity contribution in [1.82, 2.24) is 0 Å². The quantitative estimate of drug-likeness (QED) is 0.652. The number of halogens is 1. The Kier molecular flexibility index (Phi) is 4.18. The summed E-state index contributed by atoms with van der Waals surface area (Å²) >= 11 is 1.50. The van der Waals surface area contributed by atoms with Gasteiger partial charge in [-0.05, 0) is 28.8 Å². The Bertz CT molecular complexity index is 714. The average Bonchev–Trinajstić information content (AvgIpc) is 2.81. The lowest BCUT2D eigenvalue weighted by molar-refractivity contribution is -0.384. The molecule has 0 aliphatic heterocycles. The number of nitrogens with zero attached hydrogens (tertiary/aromatic N) is 1. The Hall–Kier alpha value is -2.48. The van der Waals surface area contributed by atoms with Gasteiger partial charge in [0.15, 0.2) is 0 Å². The van der Waals surface area contributed by atoms with Gasteiger partial charge in [-0.25, -0.2) is 9.18 Å². The van der Waals surface area contributed by atoms with Gasteiger partial charge in [-0.15, -0.1) is 0 Å². The maximum absolute atomic E-state index is 13.6. The number of hydrogen-bond acceptors (Lipinski definition) is 5. The van der Waals surface area contributed by atoms with Crippen LogP contribution < -0.4 is 5.32 Å². The summed E-state index contributed by atoms with van der Waals surface area (Å²) in [5, 5.41) is 26.4. The van der Waals surface area contributed by atoms with E-state index in [0.717, 1.165) is 23.3 Å². The number of thiophene rings is 1. The predicted molar refractivity (Wildman–Crippen MR) is 76.4 cm³/mol. The fourth-order valence-corrected chi connectivity index (χ4v) is 2.63. The number of nitrogens with one attached hydrogen (secondary N) is 1. The van der Waals surface area contributed by atoms with E-state index in [1.165, 1.54) is 11.3 Å². The molecule has 0 spiro atoms. The van der Waals surface area contributed by atoms with Crippen LogP contribution in [0.3, 0.4) is 0 Å². The van der Waals surface area contributed by atoms with Crippen LogP contribution in [0.1, 0.15) is 21.5 Å². The molecule has 0 fully saturated rings. The van der Waals surface area contributed by atoms with Crippen LogP contribution in [0.25, 0.3) is 0 Å². The lowest BCUT2D eigenvalue weighted by atomic mass is 10.1. The zero-order chi connectivity index (χ0) is 15.6. The van der Waals surface area contributed by atoms with Gasteiger partial charge < -0.3 is 10.4 Å². The number of hydrogen-bond donors (Lipinski definition) is 2. The number of benzene rings is 1. The summed E-state index contributed by atoms with van der Waals surface area (Å²) in [5.41, 5.74) is 0.726. The molecule has 0 radical (unpaired) electrons. The Balaban J connectivity index is 2.34. The average molecular weight is 310 g/mol. The maximum atomic E-state index is 13.6. The lowest BCUT2D eigenvalue weighted by Gasteiger charge is -2.08. The van der Waals surface area contributed by atoms with Crippen molar-refractivity contribution in [2.75, 3.05) is 5.32 Å². The van der Waals surface area contributed by atoms with E-state index in [9.17, 15) is 19.3 Å². The molecule has 0 saturated carbocycles. The van der Waals surface area contributed by atoms with E-state index < -0.39 is 28.0 Å². The van der Waals surface area contributed by atoms with Crippen LogP contribution in [0.15, 0.2) is 22.9 Å². The molecular formula is C13H11FN2O4S. The molecule has 1 aromatic carbocycles. The molecular weight excluding hydrogens is 299 g/mol. The number of rotatable bonds is 5. The number of nitro benzene ring substituents is 1. The minimum Gasteiger partial charge on any atom is -0.478 e. The van der Waals surface area contributed by atoms with E-state index in [4.69, 9.17) is 5.11 Å². The first-order valence-corrected chi connectivity index (χ1v) is 6.81. The van der Waals surface area contributed by atoms with Crippen LogP contribution in [-0.4, -0.2) is 16.0 Å². The molecule has 1 heterocycles. The molecule has 110 valence electrons. The van der Waals surface area contributed by atoms with Crippen molar-refractivity contribution in [2.45, 2.75) is 13.5 Å². The van der Waals surface area contributed by atoms with Gasteiger partial charge in [0.25, 0.3) is 5.69 Å². The number of nitro groups is 1. The van der Waals surface area contributed by atoms with Crippen LogP contribution >= 0.6 is 11.3 Å². The SMILES string of the molecule is Cc1cscc1CNc1cc(F)c(C(=O)O)cc1[N+](=O)[O-]. The van der Waals surface area contributed by atoms with Crippen molar-refractivity contribution in [3.05, 3.63) is 55.5 Å². The second-order valence-corrected chi connectivity index (χ2v) is 5.09. The monoisotopic (exact) mass is 310 g/mol. The highest BCUT2D eigenvalue weighted by Gasteiger charge is 2.21. The Labute approximate surface area is 123 Å². The van der Waals surface area contributed by atoms with Crippen LogP contribution in [0.2, 0.25) is 0 Å². The highest BCUT2D eigenvalue weighted by molar-refractivity contribution is 7.08. The predicted octanol–water partition coefficient (Wildman–Crippen LogP) is 3.41. The molecule has 0 atom stereocenters. The molecule has 8 heteroatoms. The first-order chi connectivity index (χ1) is 9.90. The molecule has 6 nitrogen and oxygen atoms in total. The highest BCUT2D eigenvalue weighted by Crippen LogP contribution is 2.29. The van der Waals surface area contributed by atoms with E-state index in [1.807, 2.05) is 17.7 Å². The van der Waals surface area contributed by atoms with E-state index in [2.05, 4.69) is 5.32 Å². The normalized spacial score (nSPS) is 10.4. The van der Waals surface area contributed by atoms with Crippen molar-refractivity contribution < 1.29 is 19.2 Å². The largest absolute Gasteiger partial charge is 0.478 e. The van der Waals surface area contributed by atoms with Crippen molar-refractivity contribution in [2.24, 2.45) is 0 Å². The number of carboxylic acids is 1. The molecule has 2 N–H and O–H groups in total. The molecule has 0 bridgehead atoms. The second-order valence-electron chi connectivity index (χ2n) is 4.35. The first kappa shape index (κ1) is 14.9. The van der Waals surface area contributed by atoms with Crippen LogP contribution in [0, 0.1) is 22.9 Å². The number of carbonyl (C=O) groups is 1. The summed E-state index contributed by atoms with van der Waals surface area (Å²) < 4.78 is 13.6. The number of anilines is 1. The van der Waals surface area contributed by atoms with Crippen LogP contribution in [0.4, 0.5) is 15.8 Å². The van der Waals surface area contributed by atoms with Crippen molar-refractivity contribution in [3.8, 4) is 0 Å². The third kappa shape index (κ3) is 3.16. The van der Waals surface area contributed by atoms with Gasteiger partial charge in [0, 0.05) is 18.7 Å². The van der Waals surface area contributed by atoms with Gasteiger partial charge in [-0.2, -0.15) is 11.3 Å². The summed E-state index contributed by atoms with van der Waals surface area (Å²) in [4.78, 5) is 21.1. The van der Waals surface area contributed by atoms with Crippen molar-refractivity contribution in [1.29, 1.82) is 0 Å².